The van der Waals surface area contributed by atoms with E-state index < -0.39 is 5.97 Å². The van der Waals surface area contributed by atoms with Crippen LogP contribution in [0, 0.1) is 6.92 Å². The molecule has 0 amide bonds. The molecule has 0 N–H and O–H groups in total. The summed E-state index contributed by atoms with van der Waals surface area (Å²) < 4.78 is 5.44. The first-order valence-electron chi connectivity index (χ1n) is 9.45. The van der Waals surface area contributed by atoms with Crippen molar-refractivity contribution < 1.29 is 9.53 Å². The van der Waals surface area contributed by atoms with Crippen LogP contribution in [0.4, 0.5) is 0 Å². The highest BCUT2D eigenvalue weighted by Crippen LogP contribution is 2.27. The first-order valence-corrected chi connectivity index (χ1v) is 9.45. The van der Waals surface area contributed by atoms with Crippen molar-refractivity contribution in [1.82, 2.24) is 0 Å². The fraction of sp³-hybridized carbons (Fsp3) is 0.200. The molecule has 1 aliphatic heterocycles. The van der Waals surface area contributed by atoms with Crippen LogP contribution < -0.4 is 0 Å². The molecule has 3 heteroatoms. The van der Waals surface area contributed by atoms with Gasteiger partial charge in [0, 0.05) is 5.56 Å². The Labute approximate surface area is 165 Å². The number of hydrogen-bond acceptors (Lipinski definition) is 3. The Balaban J connectivity index is 1.71. The number of rotatable bonds is 2. The van der Waals surface area contributed by atoms with Gasteiger partial charge in [-0.3, -0.25) is 0 Å². The van der Waals surface area contributed by atoms with E-state index in [4.69, 9.17) is 4.74 Å². The smallest absolute Gasteiger partial charge is 0.363 e. The zero-order valence-corrected chi connectivity index (χ0v) is 16.6. The SMILES string of the molecule is Cc1ccc(/C=C2\N=C(c3ccc(C(C)(C)C)cc3)OC2=O)c2ccccc12. The van der Waals surface area contributed by atoms with Crippen LogP contribution in [0.1, 0.15) is 43.0 Å². The van der Waals surface area contributed by atoms with E-state index in [9.17, 15) is 4.79 Å². The summed E-state index contributed by atoms with van der Waals surface area (Å²) in [7, 11) is 0. The Hall–Kier alpha value is -3.20. The molecule has 1 aliphatic rings. The number of aliphatic imine (C=N–C) groups is 1. The average Bonchev–Trinajstić information content (AvgIpc) is 3.04. The molecule has 0 spiro atoms. The van der Waals surface area contributed by atoms with Gasteiger partial charge in [-0.1, -0.05) is 69.3 Å². The van der Waals surface area contributed by atoms with Gasteiger partial charge in [0.25, 0.3) is 0 Å². The minimum absolute atomic E-state index is 0.0737. The first-order chi connectivity index (χ1) is 13.3. The number of cyclic esters (lactones) is 1. The Morgan fingerprint density at radius 2 is 1.57 bits per heavy atom. The summed E-state index contributed by atoms with van der Waals surface area (Å²) in [6.07, 6.45) is 1.81. The predicted molar refractivity (Wildman–Crippen MR) is 114 cm³/mol. The van der Waals surface area contributed by atoms with Gasteiger partial charge in [-0.05, 0) is 58.0 Å². The summed E-state index contributed by atoms with van der Waals surface area (Å²) in [5, 5.41) is 2.27. The van der Waals surface area contributed by atoms with Crippen LogP contribution in [0.5, 0.6) is 0 Å². The second-order valence-corrected chi connectivity index (χ2v) is 8.18. The molecule has 0 aliphatic carbocycles. The van der Waals surface area contributed by atoms with Crippen LogP contribution >= 0.6 is 0 Å². The van der Waals surface area contributed by atoms with Gasteiger partial charge >= 0.3 is 5.97 Å². The van der Waals surface area contributed by atoms with Gasteiger partial charge in [-0.25, -0.2) is 9.79 Å². The minimum atomic E-state index is -0.417. The summed E-state index contributed by atoms with van der Waals surface area (Å²) in [6, 6.07) is 20.3. The maximum absolute atomic E-state index is 12.4. The number of fused-ring (bicyclic) bond motifs is 1. The molecule has 0 unspecified atom stereocenters. The van der Waals surface area contributed by atoms with Crippen molar-refractivity contribution in [2.45, 2.75) is 33.1 Å². The lowest BCUT2D eigenvalue weighted by Crippen LogP contribution is -2.11. The molecule has 0 aromatic heterocycles. The molecular formula is C25H23NO2. The van der Waals surface area contributed by atoms with Crippen LogP contribution in [0.15, 0.2) is 71.4 Å². The Bertz CT molecular complexity index is 1130. The third-order valence-electron chi connectivity index (χ3n) is 5.09. The molecule has 3 aromatic carbocycles. The van der Waals surface area contributed by atoms with Gasteiger partial charge in [-0.15, -0.1) is 0 Å². The van der Waals surface area contributed by atoms with E-state index >= 15 is 0 Å². The van der Waals surface area contributed by atoms with E-state index in [2.05, 4.69) is 63.0 Å². The molecule has 0 radical (unpaired) electrons. The average molecular weight is 369 g/mol. The van der Waals surface area contributed by atoms with Crippen LogP contribution in [-0.2, 0) is 14.9 Å². The Kier molecular flexibility index (Phi) is 4.38. The normalized spacial score (nSPS) is 15.8. The maximum Gasteiger partial charge on any atom is 0.363 e. The van der Waals surface area contributed by atoms with Gasteiger partial charge in [0.1, 0.15) is 0 Å². The van der Waals surface area contributed by atoms with E-state index in [1.807, 2.05) is 30.3 Å². The molecule has 28 heavy (non-hydrogen) atoms. The summed E-state index contributed by atoms with van der Waals surface area (Å²) in [5.41, 5.74) is 4.59. The monoisotopic (exact) mass is 369 g/mol. The molecule has 3 nitrogen and oxygen atoms in total. The maximum atomic E-state index is 12.4. The fourth-order valence-corrected chi connectivity index (χ4v) is 3.39. The van der Waals surface area contributed by atoms with Crippen LogP contribution in [0.3, 0.4) is 0 Å². The van der Waals surface area contributed by atoms with Crippen LogP contribution in [0.25, 0.3) is 16.8 Å². The second-order valence-electron chi connectivity index (χ2n) is 8.18. The molecule has 0 saturated heterocycles. The number of ether oxygens (including phenoxy) is 1. The highest BCUT2D eigenvalue weighted by atomic mass is 16.6. The summed E-state index contributed by atoms with van der Waals surface area (Å²) in [5.74, 6) is -0.0623. The first kappa shape index (κ1) is 18.2. The summed E-state index contributed by atoms with van der Waals surface area (Å²) in [6.45, 7) is 8.59. The molecule has 0 atom stereocenters. The third kappa shape index (κ3) is 3.36. The number of benzene rings is 3. The molecule has 0 bridgehead atoms. The number of nitrogens with zero attached hydrogens (tertiary/aromatic N) is 1. The highest BCUT2D eigenvalue weighted by Gasteiger charge is 2.25. The summed E-state index contributed by atoms with van der Waals surface area (Å²) >= 11 is 0. The van der Waals surface area contributed by atoms with Crippen molar-refractivity contribution in [3.05, 3.63) is 88.6 Å². The zero-order chi connectivity index (χ0) is 19.9. The quantitative estimate of drug-likeness (QED) is 0.423. The molecule has 1 heterocycles. The van der Waals surface area contributed by atoms with Crippen LogP contribution in [0.2, 0.25) is 0 Å². The molecule has 0 saturated carbocycles. The fourth-order valence-electron chi connectivity index (χ4n) is 3.39. The zero-order valence-electron chi connectivity index (χ0n) is 16.6. The lowest BCUT2D eigenvalue weighted by molar-refractivity contribution is -0.129. The number of carbonyl (C=O) groups is 1. The van der Waals surface area contributed by atoms with Crippen molar-refractivity contribution in [3.8, 4) is 0 Å². The Morgan fingerprint density at radius 1 is 0.893 bits per heavy atom. The minimum Gasteiger partial charge on any atom is -0.402 e. The number of carbonyl (C=O) groups excluding carboxylic acids is 1. The topological polar surface area (TPSA) is 38.7 Å². The van der Waals surface area contributed by atoms with E-state index in [1.165, 1.54) is 16.5 Å². The van der Waals surface area contributed by atoms with Crippen molar-refractivity contribution in [2.24, 2.45) is 4.99 Å². The Morgan fingerprint density at radius 3 is 2.25 bits per heavy atom. The lowest BCUT2D eigenvalue weighted by Gasteiger charge is -2.18. The van der Waals surface area contributed by atoms with E-state index in [0.717, 1.165) is 16.5 Å². The third-order valence-corrected chi connectivity index (χ3v) is 5.09. The highest BCUT2D eigenvalue weighted by molar-refractivity contribution is 6.13. The molecular weight excluding hydrogens is 346 g/mol. The van der Waals surface area contributed by atoms with E-state index in [-0.39, 0.29) is 5.41 Å². The van der Waals surface area contributed by atoms with Gasteiger partial charge < -0.3 is 4.74 Å². The van der Waals surface area contributed by atoms with Gasteiger partial charge in [0.2, 0.25) is 5.90 Å². The number of aryl methyl sites for hydroxylation is 1. The van der Waals surface area contributed by atoms with E-state index in [0.29, 0.717) is 11.6 Å². The van der Waals surface area contributed by atoms with Crippen molar-refractivity contribution in [3.63, 3.8) is 0 Å². The largest absolute Gasteiger partial charge is 0.402 e. The van der Waals surface area contributed by atoms with Crippen molar-refractivity contribution in [2.75, 3.05) is 0 Å². The lowest BCUT2D eigenvalue weighted by atomic mass is 9.87. The van der Waals surface area contributed by atoms with Crippen molar-refractivity contribution in [1.29, 1.82) is 0 Å². The van der Waals surface area contributed by atoms with Crippen molar-refractivity contribution >= 4 is 28.7 Å². The van der Waals surface area contributed by atoms with Gasteiger partial charge in [0.15, 0.2) is 5.70 Å². The van der Waals surface area contributed by atoms with Gasteiger partial charge in [0.05, 0.1) is 0 Å². The molecule has 140 valence electrons. The molecule has 4 rings (SSSR count). The second kappa shape index (κ2) is 6.75. The van der Waals surface area contributed by atoms with Gasteiger partial charge in [-0.2, -0.15) is 0 Å². The predicted octanol–water partition coefficient (Wildman–Crippen LogP) is 5.79. The van der Waals surface area contributed by atoms with E-state index in [1.54, 1.807) is 6.08 Å². The molecule has 3 aromatic rings. The van der Waals surface area contributed by atoms with Crippen LogP contribution in [-0.4, -0.2) is 11.9 Å². The number of esters is 1. The number of hydrogen-bond donors (Lipinski definition) is 0. The molecule has 0 fully saturated rings. The standard InChI is InChI=1S/C25H23NO2/c1-16-9-10-18(21-8-6-5-7-20(16)21)15-22-24(27)28-23(26-22)17-11-13-19(14-12-17)25(2,3)4/h5-15H,1-4H3/b22-15-. The summed E-state index contributed by atoms with van der Waals surface area (Å²) in [4.78, 5) is 16.8.